The fourth-order valence-corrected chi connectivity index (χ4v) is 8.24. The van der Waals surface area contributed by atoms with Crippen molar-refractivity contribution in [3.05, 3.63) is 59.7 Å². The molecule has 1 N–H and O–H groups in total. The molecule has 5 nitrogen and oxygen atoms in total. The van der Waals surface area contributed by atoms with Gasteiger partial charge >= 0.3 is 0 Å². The number of benzene rings is 2. The summed E-state index contributed by atoms with van der Waals surface area (Å²) < 4.78 is 27.7. The smallest absolute Gasteiger partial charge is 0.242 e. The monoisotopic (exact) mass is 453 g/mol. The van der Waals surface area contributed by atoms with Gasteiger partial charge < -0.3 is 5.11 Å². The summed E-state index contributed by atoms with van der Waals surface area (Å²) in [6.07, 6.45) is 4.17. The maximum absolute atomic E-state index is 13.2. The number of fused-ring (bicyclic) bond motifs is 5. The first kappa shape index (κ1) is 21.7. The zero-order chi connectivity index (χ0) is 22.7. The van der Waals surface area contributed by atoms with Crippen LogP contribution in [0.1, 0.15) is 49.7 Å². The molecule has 5 rings (SSSR count). The van der Waals surface area contributed by atoms with E-state index in [1.165, 1.54) is 15.4 Å². The van der Waals surface area contributed by atoms with Crippen molar-refractivity contribution in [3.8, 4) is 5.75 Å². The second-order valence-corrected chi connectivity index (χ2v) is 12.2. The van der Waals surface area contributed by atoms with Crippen LogP contribution in [-0.2, 0) is 21.2 Å². The van der Waals surface area contributed by atoms with E-state index >= 15 is 0 Å². The van der Waals surface area contributed by atoms with Crippen LogP contribution in [-0.4, -0.2) is 37.2 Å². The van der Waals surface area contributed by atoms with E-state index in [4.69, 9.17) is 0 Å². The van der Waals surface area contributed by atoms with Crippen molar-refractivity contribution in [2.24, 2.45) is 23.2 Å². The van der Waals surface area contributed by atoms with E-state index < -0.39 is 10.0 Å². The van der Waals surface area contributed by atoms with Crippen LogP contribution in [0.4, 0.5) is 0 Å². The number of carbonyl (C=O) groups excluding carboxylic acids is 1. The maximum Gasteiger partial charge on any atom is 0.242 e. The Balaban J connectivity index is 1.45. The van der Waals surface area contributed by atoms with Gasteiger partial charge in [0.25, 0.3) is 0 Å². The highest BCUT2D eigenvalue weighted by molar-refractivity contribution is 7.89. The minimum Gasteiger partial charge on any atom is -0.508 e. The molecule has 0 saturated heterocycles. The molecular weight excluding hydrogens is 422 g/mol. The number of sulfonamides is 1. The second kappa shape index (κ2) is 7.70. The Morgan fingerprint density at radius 3 is 2.62 bits per heavy atom. The molecular formula is C26H31NO4S. The van der Waals surface area contributed by atoms with Gasteiger partial charge in [0.05, 0.1) is 4.90 Å². The van der Waals surface area contributed by atoms with E-state index in [1.807, 2.05) is 12.1 Å². The molecule has 4 unspecified atom stereocenters. The normalized spacial score (nSPS) is 31.8. The summed E-state index contributed by atoms with van der Waals surface area (Å²) in [6, 6.07) is 14.2. The summed E-state index contributed by atoms with van der Waals surface area (Å²) in [4.78, 5) is 13.5. The molecule has 3 aliphatic carbocycles. The Hall–Kier alpha value is -2.18. The van der Waals surface area contributed by atoms with Crippen LogP contribution in [0.25, 0.3) is 0 Å². The molecule has 2 saturated carbocycles. The Bertz CT molecular complexity index is 1150. The van der Waals surface area contributed by atoms with E-state index in [0.717, 1.165) is 25.7 Å². The molecule has 0 heterocycles. The second-order valence-electron chi connectivity index (χ2n) is 10.2. The van der Waals surface area contributed by atoms with E-state index in [2.05, 4.69) is 13.0 Å². The third-order valence-electron chi connectivity index (χ3n) is 8.50. The van der Waals surface area contributed by atoms with Gasteiger partial charge in [-0.2, -0.15) is 0 Å². The number of carbonyl (C=O) groups is 1. The van der Waals surface area contributed by atoms with Gasteiger partial charge in [-0.3, -0.25) is 4.79 Å². The largest absolute Gasteiger partial charge is 0.508 e. The van der Waals surface area contributed by atoms with Crippen molar-refractivity contribution in [3.63, 3.8) is 0 Å². The number of aryl methyl sites for hydroxylation is 1. The van der Waals surface area contributed by atoms with Gasteiger partial charge in [-0.25, -0.2) is 12.7 Å². The molecule has 5 atom stereocenters. The highest BCUT2D eigenvalue weighted by atomic mass is 32.2. The minimum atomic E-state index is -3.59. The number of rotatable bonds is 4. The fourth-order valence-electron chi connectivity index (χ4n) is 6.99. The van der Waals surface area contributed by atoms with Crippen molar-refractivity contribution >= 4 is 15.8 Å². The molecule has 6 heteroatoms. The zero-order valence-corrected chi connectivity index (χ0v) is 19.5. The standard InChI is InChI=1S/C26H31NO4S/c1-26-13-12-22-21-11-9-19(28)14-17(21)8-10-23(22)25(26)18(15-24(26)29)16-27(2)32(30,31)20-6-4-3-5-7-20/h3-7,9,11,14,18,22-23,25,28H,8,10,12-13,15-16H2,1-2H3/t18-,22?,23?,25?,26?/m1/s1. The third-order valence-corrected chi connectivity index (χ3v) is 10.3. The molecule has 0 amide bonds. The van der Waals surface area contributed by atoms with E-state index in [9.17, 15) is 18.3 Å². The number of hydrogen-bond acceptors (Lipinski definition) is 4. The lowest BCUT2D eigenvalue weighted by Crippen LogP contribution is -2.46. The number of phenolic OH excluding ortho intramolecular Hbond substituents is 1. The van der Waals surface area contributed by atoms with E-state index in [-0.39, 0.29) is 17.3 Å². The SMILES string of the molecule is CN(C[C@H]1CC(=O)C2(C)CCC3c4ccc(O)cc4CCC3C12)S(=O)(=O)c1ccccc1. The highest BCUT2D eigenvalue weighted by Crippen LogP contribution is 2.61. The molecule has 0 radical (unpaired) electrons. The molecule has 2 fully saturated rings. The number of aromatic hydroxyl groups is 1. The van der Waals surface area contributed by atoms with Crippen molar-refractivity contribution in [2.75, 3.05) is 13.6 Å². The van der Waals surface area contributed by atoms with E-state index in [1.54, 1.807) is 37.4 Å². The Morgan fingerprint density at radius 1 is 1.12 bits per heavy atom. The molecule has 3 aliphatic rings. The molecule has 2 aromatic carbocycles. The van der Waals surface area contributed by atoms with Crippen molar-refractivity contribution in [2.45, 2.75) is 49.8 Å². The predicted molar refractivity (Wildman–Crippen MR) is 123 cm³/mol. The summed E-state index contributed by atoms with van der Waals surface area (Å²) in [6.45, 7) is 2.49. The quantitative estimate of drug-likeness (QED) is 0.746. The summed E-state index contributed by atoms with van der Waals surface area (Å²) in [5.74, 6) is 1.57. The highest BCUT2D eigenvalue weighted by Gasteiger charge is 2.58. The lowest BCUT2D eigenvalue weighted by molar-refractivity contribution is -0.129. The third kappa shape index (κ3) is 3.30. The summed E-state index contributed by atoms with van der Waals surface area (Å²) in [7, 11) is -1.95. The van der Waals surface area contributed by atoms with Crippen LogP contribution in [0.2, 0.25) is 0 Å². The average molecular weight is 454 g/mol. The fraction of sp³-hybridized carbons (Fsp3) is 0.500. The summed E-state index contributed by atoms with van der Waals surface area (Å²) in [5.41, 5.74) is 2.17. The average Bonchev–Trinajstić information content (AvgIpc) is 3.03. The Labute approximate surface area is 190 Å². The van der Waals surface area contributed by atoms with Gasteiger partial charge in [0.1, 0.15) is 11.5 Å². The topological polar surface area (TPSA) is 74.7 Å². The molecule has 170 valence electrons. The molecule has 0 bridgehead atoms. The first-order valence-electron chi connectivity index (χ1n) is 11.6. The molecule has 32 heavy (non-hydrogen) atoms. The molecule has 0 spiro atoms. The minimum absolute atomic E-state index is 0.0300. The van der Waals surface area contributed by atoms with Gasteiger partial charge in [0.2, 0.25) is 10.0 Å². The van der Waals surface area contributed by atoms with E-state index in [0.29, 0.717) is 41.2 Å². The number of nitrogens with zero attached hydrogens (tertiary/aromatic N) is 1. The van der Waals surface area contributed by atoms with Crippen molar-refractivity contribution < 1.29 is 18.3 Å². The van der Waals surface area contributed by atoms with Crippen LogP contribution in [0, 0.1) is 23.2 Å². The van der Waals surface area contributed by atoms with Crippen LogP contribution < -0.4 is 0 Å². The van der Waals surface area contributed by atoms with Gasteiger partial charge in [-0.15, -0.1) is 0 Å². The molecule has 2 aromatic rings. The first-order chi connectivity index (χ1) is 15.2. The van der Waals surface area contributed by atoms with Gasteiger partial charge in [0, 0.05) is 25.4 Å². The number of phenols is 1. The predicted octanol–water partition coefficient (Wildman–Crippen LogP) is 4.36. The Kier molecular flexibility index (Phi) is 5.21. The van der Waals surface area contributed by atoms with Gasteiger partial charge in [-0.05, 0) is 84.7 Å². The summed E-state index contributed by atoms with van der Waals surface area (Å²) in [5, 5.41) is 9.91. The van der Waals surface area contributed by atoms with Crippen LogP contribution >= 0.6 is 0 Å². The van der Waals surface area contributed by atoms with Gasteiger partial charge in [-0.1, -0.05) is 31.2 Å². The van der Waals surface area contributed by atoms with Crippen molar-refractivity contribution in [1.82, 2.24) is 4.31 Å². The van der Waals surface area contributed by atoms with Gasteiger partial charge in [0.15, 0.2) is 0 Å². The summed E-state index contributed by atoms with van der Waals surface area (Å²) >= 11 is 0. The number of Topliss-reactive ketones (excluding diaryl/α,β-unsaturated/α-hetero) is 1. The number of hydrogen-bond donors (Lipinski definition) is 1. The lowest BCUT2D eigenvalue weighted by atomic mass is 9.54. The zero-order valence-electron chi connectivity index (χ0n) is 18.7. The maximum atomic E-state index is 13.2. The van der Waals surface area contributed by atoms with Crippen LogP contribution in [0.3, 0.4) is 0 Å². The Morgan fingerprint density at radius 2 is 1.88 bits per heavy atom. The lowest BCUT2D eigenvalue weighted by Gasteiger charge is -2.50. The van der Waals surface area contributed by atoms with Crippen molar-refractivity contribution in [1.29, 1.82) is 0 Å². The molecule has 0 aliphatic heterocycles. The number of ketones is 1. The molecule has 0 aromatic heterocycles. The first-order valence-corrected chi connectivity index (χ1v) is 13.0. The van der Waals surface area contributed by atoms with Crippen LogP contribution in [0.5, 0.6) is 5.75 Å². The van der Waals surface area contributed by atoms with Crippen LogP contribution in [0.15, 0.2) is 53.4 Å².